The van der Waals surface area contributed by atoms with Gasteiger partial charge in [-0.05, 0) is 24.6 Å². The number of halogens is 1. The molecular weight excluding hydrogens is 330 g/mol. The lowest BCUT2D eigenvalue weighted by molar-refractivity contribution is 0.00910. The van der Waals surface area contributed by atoms with Crippen LogP contribution in [0, 0.1) is 6.92 Å². The molecule has 0 spiro atoms. The zero-order valence-corrected chi connectivity index (χ0v) is 14.2. The second kappa shape index (κ2) is 7.44. The zero-order chi connectivity index (χ0) is 17.1. The summed E-state index contributed by atoms with van der Waals surface area (Å²) < 4.78 is 5.55. The van der Waals surface area contributed by atoms with Gasteiger partial charge in [0.05, 0.1) is 30.6 Å². The number of hydrogen-bond donors (Lipinski definition) is 2. The lowest BCUT2D eigenvalue weighted by Gasteiger charge is -2.19. The largest absolute Gasteiger partial charge is 0.389 e. The van der Waals surface area contributed by atoms with E-state index in [1.807, 2.05) is 29.2 Å². The Morgan fingerprint density at radius 3 is 2.88 bits per heavy atom. The molecule has 1 aliphatic heterocycles. The van der Waals surface area contributed by atoms with Gasteiger partial charge < -0.3 is 14.8 Å². The van der Waals surface area contributed by atoms with Crippen LogP contribution in [0.2, 0.25) is 5.02 Å². The van der Waals surface area contributed by atoms with Crippen molar-refractivity contribution in [1.29, 1.82) is 0 Å². The van der Waals surface area contributed by atoms with Crippen LogP contribution in [0.4, 0.5) is 0 Å². The summed E-state index contributed by atoms with van der Waals surface area (Å²) in [6.07, 6.45) is -0.619. The number of aromatic amines is 1. The van der Waals surface area contributed by atoms with Gasteiger partial charge in [0.1, 0.15) is 5.82 Å². The Labute approximate surface area is 145 Å². The Bertz CT molecular complexity index is 761. The molecule has 0 aliphatic carbocycles. The highest BCUT2D eigenvalue weighted by Gasteiger charge is 2.25. The molecule has 0 saturated heterocycles. The Balaban J connectivity index is 1.46. The number of aliphatic hydroxyl groups excluding tert-OH is 1. The van der Waals surface area contributed by atoms with Crippen molar-refractivity contribution in [2.45, 2.75) is 32.7 Å². The molecule has 0 fully saturated rings. The van der Waals surface area contributed by atoms with E-state index in [9.17, 15) is 9.90 Å². The average Bonchev–Trinajstić information content (AvgIpc) is 2.92. The molecule has 3 rings (SSSR count). The van der Waals surface area contributed by atoms with Crippen molar-refractivity contribution in [3.05, 3.63) is 62.3 Å². The fourth-order valence-corrected chi connectivity index (χ4v) is 2.95. The van der Waals surface area contributed by atoms with Gasteiger partial charge in [-0.25, -0.2) is 4.98 Å². The summed E-state index contributed by atoms with van der Waals surface area (Å²) in [4.78, 5) is 21.0. The number of nitrogens with one attached hydrogen (secondary N) is 1. The predicted molar refractivity (Wildman–Crippen MR) is 90.8 cm³/mol. The molecule has 0 bridgehead atoms. The van der Waals surface area contributed by atoms with Crippen LogP contribution in [-0.2, 0) is 24.4 Å². The molecule has 2 heterocycles. The van der Waals surface area contributed by atoms with Crippen LogP contribution in [0.5, 0.6) is 0 Å². The number of β-amino-alcohol motifs (C(OH)–C–C–N with tert-alkyl or cyclic N) is 1. The van der Waals surface area contributed by atoms with Crippen LogP contribution >= 0.6 is 11.6 Å². The number of nitrogens with zero attached hydrogens (tertiary/aromatic N) is 2. The molecule has 24 heavy (non-hydrogen) atoms. The number of H-pyrrole nitrogens is 1. The highest BCUT2D eigenvalue weighted by Crippen LogP contribution is 2.17. The van der Waals surface area contributed by atoms with E-state index in [0.717, 1.165) is 11.3 Å². The van der Waals surface area contributed by atoms with Gasteiger partial charge in [0.15, 0.2) is 0 Å². The Morgan fingerprint density at radius 1 is 1.38 bits per heavy atom. The summed E-state index contributed by atoms with van der Waals surface area (Å²) in [5.41, 5.74) is 2.40. The van der Waals surface area contributed by atoms with Crippen LogP contribution in [0.3, 0.4) is 0 Å². The minimum Gasteiger partial charge on any atom is -0.389 e. The first-order valence-electron chi connectivity index (χ1n) is 7.82. The van der Waals surface area contributed by atoms with Crippen LogP contribution in [0.1, 0.15) is 22.6 Å². The Kier molecular flexibility index (Phi) is 5.30. The van der Waals surface area contributed by atoms with Crippen molar-refractivity contribution in [2.75, 3.05) is 13.2 Å². The quantitative estimate of drug-likeness (QED) is 0.828. The van der Waals surface area contributed by atoms with E-state index in [1.54, 1.807) is 6.92 Å². The maximum Gasteiger partial charge on any atom is 0.255 e. The van der Waals surface area contributed by atoms with Crippen LogP contribution in [0.15, 0.2) is 29.1 Å². The third-order valence-corrected chi connectivity index (χ3v) is 4.19. The number of rotatable bonds is 6. The van der Waals surface area contributed by atoms with Crippen LogP contribution < -0.4 is 5.56 Å². The van der Waals surface area contributed by atoms with E-state index in [-0.39, 0.29) is 12.2 Å². The van der Waals surface area contributed by atoms with E-state index in [2.05, 4.69) is 9.97 Å². The first kappa shape index (κ1) is 17.1. The van der Waals surface area contributed by atoms with Crippen molar-refractivity contribution >= 4 is 11.6 Å². The van der Waals surface area contributed by atoms with Gasteiger partial charge >= 0.3 is 0 Å². The fourth-order valence-electron chi connectivity index (χ4n) is 2.83. The van der Waals surface area contributed by atoms with Crippen molar-refractivity contribution < 1.29 is 9.84 Å². The topological polar surface area (TPSA) is 78.5 Å². The van der Waals surface area contributed by atoms with E-state index in [4.69, 9.17) is 16.3 Å². The molecule has 7 heteroatoms. The second-order valence-electron chi connectivity index (χ2n) is 6.04. The number of aliphatic hydroxyl groups is 1. The van der Waals surface area contributed by atoms with E-state index in [0.29, 0.717) is 42.7 Å². The van der Waals surface area contributed by atoms with Gasteiger partial charge in [-0.1, -0.05) is 23.7 Å². The Hall–Kier alpha value is -1.73. The molecule has 2 N–H and O–H groups in total. The molecule has 0 saturated carbocycles. The molecule has 1 aliphatic rings. The maximum absolute atomic E-state index is 11.9. The molecule has 6 nitrogen and oxygen atoms in total. The summed E-state index contributed by atoms with van der Waals surface area (Å²) in [5, 5.41) is 10.8. The number of aryl methyl sites for hydroxylation is 1. The molecule has 1 aromatic carbocycles. The minimum absolute atomic E-state index is 0.0894. The van der Waals surface area contributed by atoms with Crippen molar-refractivity contribution in [3.63, 3.8) is 0 Å². The Morgan fingerprint density at radius 2 is 2.12 bits per heavy atom. The van der Waals surface area contributed by atoms with Gasteiger partial charge in [0.2, 0.25) is 0 Å². The summed E-state index contributed by atoms with van der Waals surface area (Å²) in [6.45, 7) is 3.95. The molecular formula is C17H20ClN3O3. The van der Waals surface area contributed by atoms with Gasteiger partial charge in [-0.2, -0.15) is 0 Å². The number of fused-ring (bicyclic) bond motifs is 1. The number of ether oxygens (including phenoxy) is 1. The van der Waals surface area contributed by atoms with Crippen molar-refractivity contribution in [3.8, 4) is 0 Å². The molecule has 0 radical (unpaired) electrons. The second-order valence-corrected chi connectivity index (χ2v) is 6.48. The van der Waals surface area contributed by atoms with Gasteiger partial charge in [0.25, 0.3) is 5.56 Å². The van der Waals surface area contributed by atoms with Crippen molar-refractivity contribution in [1.82, 2.24) is 14.9 Å². The number of aromatic nitrogens is 2. The molecule has 1 unspecified atom stereocenters. The van der Waals surface area contributed by atoms with E-state index >= 15 is 0 Å². The van der Waals surface area contributed by atoms with Gasteiger partial charge in [-0.3, -0.25) is 9.69 Å². The highest BCUT2D eigenvalue weighted by molar-refractivity contribution is 6.30. The molecule has 128 valence electrons. The van der Waals surface area contributed by atoms with E-state index < -0.39 is 6.10 Å². The normalized spacial score (nSPS) is 15.5. The molecule has 1 aromatic heterocycles. The van der Waals surface area contributed by atoms with Gasteiger partial charge in [-0.15, -0.1) is 0 Å². The minimum atomic E-state index is -0.619. The monoisotopic (exact) mass is 349 g/mol. The van der Waals surface area contributed by atoms with Crippen molar-refractivity contribution in [2.24, 2.45) is 0 Å². The average molecular weight is 350 g/mol. The molecule has 0 amide bonds. The number of hydrogen-bond acceptors (Lipinski definition) is 5. The van der Waals surface area contributed by atoms with Crippen LogP contribution in [-0.4, -0.2) is 39.2 Å². The summed E-state index contributed by atoms with van der Waals surface area (Å²) in [6, 6.07) is 7.41. The first-order valence-corrected chi connectivity index (χ1v) is 8.20. The van der Waals surface area contributed by atoms with E-state index in [1.165, 1.54) is 0 Å². The summed E-state index contributed by atoms with van der Waals surface area (Å²) in [7, 11) is 0. The lowest BCUT2D eigenvalue weighted by atomic mass is 10.2. The lowest BCUT2D eigenvalue weighted by Crippen LogP contribution is -2.31. The molecule has 1 atom stereocenters. The smallest absolute Gasteiger partial charge is 0.255 e. The fraction of sp³-hybridized carbons (Fsp3) is 0.412. The molecule has 2 aromatic rings. The van der Waals surface area contributed by atoms with Crippen LogP contribution in [0.25, 0.3) is 0 Å². The summed E-state index contributed by atoms with van der Waals surface area (Å²) >= 11 is 5.83. The predicted octanol–water partition coefficient (Wildman–Crippen LogP) is 1.63. The van der Waals surface area contributed by atoms with Gasteiger partial charge in [0, 0.05) is 24.7 Å². The highest BCUT2D eigenvalue weighted by atomic mass is 35.5. The number of benzene rings is 1. The third kappa shape index (κ3) is 4.21. The standard InChI is InChI=1S/C17H20ClN3O3/c1-11-19-16-8-21(7-15(16)17(23)20-11)6-14(22)10-24-9-12-2-4-13(18)5-3-12/h2-5,14,22H,6-10H2,1H3,(H,19,20,23). The maximum atomic E-state index is 11.9. The SMILES string of the molecule is Cc1nc2c(c(=O)[nH]1)CN(CC(O)COCc1ccc(Cl)cc1)C2. The first-order chi connectivity index (χ1) is 11.5. The third-order valence-electron chi connectivity index (χ3n) is 3.94. The zero-order valence-electron chi connectivity index (χ0n) is 13.5. The summed E-state index contributed by atoms with van der Waals surface area (Å²) in [5.74, 6) is 0.618.